The molecule has 0 aromatic rings. The number of carboxylic acid groups (broad SMARTS) is 1. The Morgan fingerprint density at radius 2 is 2.29 bits per heavy atom. The number of rotatable bonds is 1. The summed E-state index contributed by atoms with van der Waals surface area (Å²) in [5.41, 5.74) is 0. The predicted molar refractivity (Wildman–Crippen MR) is 23.6 cm³/mol. The summed E-state index contributed by atoms with van der Waals surface area (Å²) in [6, 6.07) is 1.47. The number of hydrogen-bond acceptors (Lipinski definition) is 2. The fourth-order valence-electron chi connectivity index (χ4n) is 0.0676. The van der Waals surface area contributed by atoms with Crippen molar-refractivity contribution in [2.24, 2.45) is 0 Å². The zero-order chi connectivity index (χ0) is 4.99. The average Bonchev–Trinajstić information content (AvgIpc) is 1.35. The molecule has 0 aromatic heterocycles. The summed E-state index contributed by atoms with van der Waals surface area (Å²) in [4.78, 5) is 9.38. The van der Waals surface area contributed by atoms with Gasteiger partial charge < -0.3 is 5.11 Å². The summed E-state index contributed by atoms with van der Waals surface area (Å²) in [7, 11) is 0. The first-order chi connectivity index (χ1) is 2.77. The third-order valence-electron chi connectivity index (χ3n) is 0.230. The Morgan fingerprint density at radius 3 is 2.29 bits per heavy atom. The summed E-state index contributed by atoms with van der Waals surface area (Å²) in [6.45, 7) is 0. The maximum absolute atomic E-state index is 9.38. The van der Waals surface area contributed by atoms with Crippen LogP contribution >= 0.6 is 0 Å². The van der Waals surface area contributed by atoms with Crippen molar-refractivity contribution >= 4 is 31.8 Å². The molecule has 0 saturated heterocycles. The molecule has 1 N–H and O–H groups in total. The van der Waals surface area contributed by atoms with E-state index in [0.717, 1.165) is 0 Å². The van der Waals surface area contributed by atoms with Gasteiger partial charge in [-0.2, -0.15) is 5.26 Å². The molecule has 0 amide bonds. The number of nitrogens with zero attached hydrogens (tertiary/aromatic N) is 1. The summed E-state index contributed by atoms with van der Waals surface area (Å²) in [5, 5.41) is 15.3. The summed E-state index contributed by atoms with van der Waals surface area (Å²) in [5.74, 6) is -1.07. The third kappa shape index (κ3) is 10.7. The van der Waals surface area contributed by atoms with Crippen molar-refractivity contribution in [2.75, 3.05) is 0 Å². The van der Waals surface area contributed by atoms with E-state index in [9.17, 15) is 4.79 Å². The Labute approximate surface area is 59.7 Å². The van der Waals surface area contributed by atoms with Crippen LogP contribution in [0.5, 0.6) is 0 Å². The SMILES string of the molecule is N#CCC(=O)O.[In]. The van der Waals surface area contributed by atoms with Crippen molar-refractivity contribution < 1.29 is 9.90 Å². The second-order valence-electron chi connectivity index (χ2n) is 0.729. The maximum atomic E-state index is 9.38. The van der Waals surface area contributed by atoms with Crippen molar-refractivity contribution in [3.05, 3.63) is 0 Å². The van der Waals surface area contributed by atoms with Gasteiger partial charge in [0.25, 0.3) is 0 Å². The molecule has 0 spiro atoms. The number of carbonyl (C=O) groups is 1. The molecule has 7 heavy (non-hydrogen) atoms. The molecule has 0 aliphatic heterocycles. The molecule has 0 aliphatic rings. The van der Waals surface area contributed by atoms with E-state index in [1.807, 2.05) is 0 Å². The zero-order valence-electron chi connectivity index (χ0n) is 3.59. The normalized spacial score (nSPS) is 5.57. The number of carboxylic acids is 1. The zero-order valence-corrected chi connectivity index (χ0v) is 6.88. The number of hydrogen-bond donors (Lipinski definition) is 1. The first-order valence-electron chi connectivity index (χ1n) is 1.36. The fraction of sp³-hybridized carbons (Fsp3) is 0.333. The Balaban J connectivity index is 0. The minimum absolute atomic E-state index is 0. The van der Waals surface area contributed by atoms with Gasteiger partial charge in [0, 0.05) is 25.8 Å². The van der Waals surface area contributed by atoms with Crippen molar-refractivity contribution in [1.29, 1.82) is 5.26 Å². The molecule has 0 saturated carbocycles. The van der Waals surface area contributed by atoms with Crippen LogP contribution < -0.4 is 0 Å². The second kappa shape index (κ2) is 5.83. The summed E-state index contributed by atoms with van der Waals surface area (Å²) >= 11 is 0. The van der Waals surface area contributed by atoms with Gasteiger partial charge >= 0.3 is 5.97 Å². The number of nitriles is 1. The fourth-order valence-corrected chi connectivity index (χ4v) is 0.0676. The van der Waals surface area contributed by atoms with Crippen LogP contribution in [0.2, 0.25) is 0 Å². The first kappa shape index (κ1) is 9.95. The largest absolute Gasteiger partial charge is 0.480 e. The van der Waals surface area contributed by atoms with E-state index in [1.165, 1.54) is 6.07 Å². The average molecular weight is 200 g/mol. The Kier molecular flexibility index (Phi) is 8.29. The first-order valence-corrected chi connectivity index (χ1v) is 1.36. The minimum Gasteiger partial charge on any atom is -0.480 e. The molecule has 0 fully saturated rings. The molecular weight excluding hydrogens is 197 g/mol. The van der Waals surface area contributed by atoms with Crippen molar-refractivity contribution in [3.8, 4) is 6.07 Å². The smallest absolute Gasteiger partial charge is 0.317 e. The van der Waals surface area contributed by atoms with Crippen molar-refractivity contribution in [2.45, 2.75) is 6.42 Å². The van der Waals surface area contributed by atoms with Crippen molar-refractivity contribution in [1.82, 2.24) is 0 Å². The summed E-state index contributed by atoms with van der Waals surface area (Å²) in [6.07, 6.45) is -0.403. The second-order valence-corrected chi connectivity index (χ2v) is 0.729. The molecule has 3 nitrogen and oxygen atoms in total. The van der Waals surface area contributed by atoms with Crippen LogP contribution in [-0.4, -0.2) is 36.9 Å². The molecule has 0 rings (SSSR count). The van der Waals surface area contributed by atoms with E-state index in [2.05, 4.69) is 0 Å². The Morgan fingerprint density at radius 1 is 1.86 bits per heavy atom. The minimum atomic E-state index is -1.07. The van der Waals surface area contributed by atoms with Gasteiger partial charge in [-0.05, 0) is 0 Å². The molecular formula is C3H3InNO2. The molecule has 0 heterocycles. The Hall–Kier alpha value is -0.170. The standard InChI is InChI=1S/C3H3NO2.In/c4-2-1-3(5)6;/h1H2,(H,5,6);. The van der Waals surface area contributed by atoms with Gasteiger partial charge in [0.05, 0.1) is 6.07 Å². The van der Waals surface area contributed by atoms with E-state index >= 15 is 0 Å². The van der Waals surface area contributed by atoms with E-state index < -0.39 is 12.4 Å². The molecule has 4 heteroatoms. The monoisotopic (exact) mass is 200 g/mol. The van der Waals surface area contributed by atoms with Crippen LogP contribution in [0.3, 0.4) is 0 Å². The molecule has 3 radical (unpaired) electrons. The van der Waals surface area contributed by atoms with Crippen LogP contribution in [0.1, 0.15) is 6.42 Å². The van der Waals surface area contributed by atoms with Crippen molar-refractivity contribution in [3.63, 3.8) is 0 Å². The third-order valence-corrected chi connectivity index (χ3v) is 0.230. The molecule has 0 aliphatic carbocycles. The van der Waals surface area contributed by atoms with Crippen LogP contribution in [0, 0.1) is 11.3 Å². The quantitative estimate of drug-likeness (QED) is 0.626. The molecule has 0 bridgehead atoms. The van der Waals surface area contributed by atoms with Gasteiger partial charge in [-0.3, -0.25) is 4.79 Å². The predicted octanol–water partition coefficient (Wildman–Crippen LogP) is -0.396. The molecule has 0 unspecified atom stereocenters. The Bertz CT molecular complexity index is 95.6. The van der Waals surface area contributed by atoms with Crippen LogP contribution in [-0.2, 0) is 4.79 Å². The van der Waals surface area contributed by atoms with Gasteiger partial charge in [0.2, 0.25) is 0 Å². The molecule has 35 valence electrons. The van der Waals surface area contributed by atoms with Gasteiger partial charge in [-0.1, -0.05) is 0 Å². The van der Waals surface area contributed by atoms with Gasteiger partial charge in [-0.15, -0.1) is 0 Å². The summed E-state index contributed by atoms with van der Waals surface area (Å²) < 4.78 is 0. The van der Waals surface area contributed by atoms with Crippen LogP contribution in [0.4, 0.5) is 0 Å². The van der Waals surface area contributed by atoms with E-state index in [1.54, 1.807) is 0 Å². The van der Waals surface area contributed by atoms with Gasteiger partial charge in [0.15, 0.2) is 0 Å². The molecule has 0 atom stereocenters. The van der Waals surface area contributed by atoms with E-state index in [4.69, 9.17) is 10.4 Å². The van der Waals surface area contributed by atoms with E-state index in [0.29, 0.717) is 0 Å². The number of aliphatic carboxylic acids is 1. The topological polar surface area (TPSA) is 61.1 Å². The maximum Gasteiger partial charge on any atom is 0.317 e. The van der Waals surface area contributed by atoms with Gasteiger partial charge in [-0.25, -0.2) is 0 Å². The molecule has 0 aromatic carbocycles. The van der Waals surface area contributed by atoms with Crippen LogP contribution in [0.15, 0.2) is 0 Å². The van der Waals surface area contributed by atoms with E-state index in [-0.39, 0.29) is 25.8 Å². The van der Waals surface area contributed by atoms with Crippen LogP contribution in [0.25, 0.3) is 0 Å². The van der Waals surface area contributed by atoms with Gasteiger partial charge in [0.1, 0.15) is 6.42 Å².